The van der Waals surface area contributed by atoms with Crippen LogP contribution < -0.4 is 5.32 Å². The average molecular weight is 466 g/mol. The molecule has 34 heavy (non-hydrogen) atoms. The summed E-state index contributed by atoms with van der Waals surface area (Å²) < 4.78 is 32.3. The summed E-state index contributed by atoms with van der Waals surface area (Å²) in [6, 6.07) is 5.90. The third-order valence-electron chi connectivity index (χ3n) is 6.41. The summed E-state index contributed by atoms with van der Waals surface area (Å²) in [4.78, 5) is 17.6. The third-order valence-corrected chi connectivity index (χ3v) is 6.41. The van der Waals surface area contributed by atoms with Gasteiger partial charge in [-0.1, -0.05) is 18.9 Å². The third kappa shape index (κ3) is 4.19. The number of nitrogens with one attached hydrogen (secondary N) is 1. The highest BCUT2D eigenvalue weighted by Gasteiger charge is 2.27. The molecule has 0 saturated heterocycles. The first-order valence-corrected chi connectivity index (χ1v) is 11.3. The monoisotopic (exact) mass is 465 g/mol. The van der Waals surface area contributed by atoms with Crippen molar-refractivity contribution in [2.75, 3.05) is 0 Å². The van der Waals surface area contributed by atoms with Crippen LogP contribution in [0.25, 0.3) is 22.2 Å². The zero-order chi connectivity index (χ0) is 23.8. The van der Waals surface area contributed by atoms with Crippen LogP contribution in [0.15, 0.2) is 49.1 Å². The largest absolute Gasteiger partial charge is 0.391 e. The van der Waals surface area contributed by atoms with E-state index in [0.717, 1.165) is 35.7 Å². The Kier molecular flexibility index (Phi) is 5.87. The SMILES string of the molecule is Cn1cc(-c2ccc(Cn3cc(C(=O)N[C@H]4CCCC[C@@H]4O)c4c(F)c(F)ccc43)cn2)cn1. The van der Waals surface area contributed by atoms with Crippen molar-refractivity contribution in [3.8, 4) is 11.3 Å². The lowest BCUT2D eigenvalue weighted by Gasteiger charge is -2.28. The van der Waals surface area contributed by atoms with Crippen molar-refractivity contribution in [1.29, 1.82) is 0 Å². The number of aromatic nitrogens is 4. The van der Waals surface area contributed by atoms with Gasteiger partial charge in [0.2, 0.25) is 0 Å². The predicted octanol–water partition coefficient (Wildman–Crippen LogP) is 3.80. The van der Waals surface area contributed by atoms with Gasteiger partial charge in [-0.15, -0.1) is 0 Å². The van der Waals surface area contributed by atoms with Gasteiger partial charge in [0.05, 0.1) is 40.5 Å². The van der Waals surface area contributed by atoms with Gasteiger partial charge in [0, 0.05) is 37.7 Å². The Labute approximate surface area is 195 Å². The van der Waals surface area contributed by atoms with Crippen LogP contribution in [-0.4, -0.2) is 42.5 Å². The second-order valence-electron chi connectivity index (χ2n) is 8.81. The maximum Gasteiger partial charge on any atom is 0.253 e. The minimum Gasteiger partial charge on any atom is -0.391 e. The van der Waals surface area contributed by atoms with E-state index in [1.165, 1.54) is 12.3 Å². The highest BCUT2D eigenvalue weighted by atomic mass is 19.2. The summed E-state index contributed by atoms with van der Waals surface area (Å²) in [5.74, 6) is -2.60. The lowest BCUT2D eigenvalue weighted by Crippen LogP contribution is -2.45. The van der Waals surface area contributed by atoms with Crippen LogP contribution in [-0.2, 0) is 13.6 Å². The van der Waals surface area contributed by atoms with Gasteiger partial charge < -0.3 is 15.0 Å². The molecule has 1 saturated carbocycles. The fraction of sp³-hybridized carbons (Fsp3) is 0.320. The number of hydrogen-bond acceptors (Lipinski definition) is 4. The summed E-state index contributed by atoms with van der Waals surface area (Å²) in [6.07, 6.45) is 9.26. The topological polar surface area (TPSA) is 85.0 Å². The van der Waals surface area contributed by atoms with E-state index in [-0.39, 0.29) is 10.9 Å². The Balaban J connectivity index is 1.46. The number of rotatable bonds is 5. The number of halogens is 2. The predicted molar refractivity (Wildman–Crippen MR) is 123 cm³/mol. The fourth-order valence-electron chi connectivity index (χ4n) is 4.59. The van der Waals surface area contributed by atoms with Crippen LogP contribution in [0.5, 0.6) is 0 Å². The molecule has 7 nitrogen and oxygen atoms in total. The second-order valence-corrected chi connectivity index (χ2v) is 8.81. The van der Waals surface area contributed by atoms with Gasteiger partial charge in [-0.3, -0.25) is 14.5 Å². The molecule has 9 heteroatoms. The molecular formula is C25H25F2N5O2. The van der Waals surface area contributed by atoms with Gasteiger partial charge in [-0.05, 0) is 36.6 Å². The number of aliphatic hydroxyl groups is 1. The molecule has 2 N–H and O–H groups in total. The van der Waals surface area contributed by atoms with Crippen LogP contribution in [0.1, 0.15) is 41.6 Å². The number of carbonyl (C=O) groups is 1. The number of fused-ring (bicyclic) bond motifs is 1. The zero-order valence-corrected chi connectivity index (χ0v) is 18.7. The lowest BCUT2D eigenvalue weighted by molar-refractivity contribution is 0.0718. The lowest BCUT2D eigenvalue weighted by atomic mass is 9.92. The second kappa shape index (κ2) is 8.98. The van der Waals surface area contributed by atoms with E-state index in [1.807, 2.05) is 25.4 Å². The van der Waals surface area contributed by atoms with Crippen molar-refractivity contribution < 1.29 is 18.7 Å². The molecule has 2 atom stereocenters. The molecule has 0 radical (unpaired) electrons. The van der Waals surface area contributed by atoms with Crippen LogP contribution in [0, 0.1) is 11.6 Å². The number of amides is 1. The van der Waals surface area contributed by atoms with Gasteiger partial charge in [0.25, 0.3) is 5.91 Å². The van der Waals surface area contributed by atoms with Crippen molar-refractivity contribution in [1.82, 2.24) is 24.6 Å². The molecule has 0 bridgehead atoms. The minimum absolute atomic E-state index is 0.0460. The Morgan fingerprint density at radius 2 is 1.97 bits per heavy atom. The van der Waals surface area contributed by atoms with Gasteiger partial charge in [0.15, 0.2) is 11.6 Å². The van der Waals surface area contributed by atoms with Crippen LogP contribution in [0.3, 0.4) is 0 Å². The van der Waals surface area contributed by atoms with E-state index in [4.69, 9.17) is 0 Å². The Morgan fingerprint density at radius 1 is 1.15 bits per heavy atom. The normalized spacial score (nSPS) is 18.4. The quantitative estimate of drug-likeness (QED) is 0.470. The van der Waals surface area contributed by atoms with Crippen molar-refractivity contribution in [2.45, 2.75) is 44.4 Å². The number of carbonyl (C=O) groups excluding carboxylic acids is 1. The molecule has 1 aliphatic rings. The molecule has 1 aromatic carbocycles. The van der Waals surface area contributed by atoms with Crippen LogP contribution in [0.4, 0.5) is 8.78 Å². The summed E-state index contributed by atoms with van der Waals surface area (Å²) in [5, 5.41) is 17.1. The molecule has 0 spiro atoms. The van der Waals surface area contributed by atoms with Crippen molar-refractivity contribution in [2.24, 2.45) is 7.05 Å². The number of nitrogens with zero attached hydrogens (tertiary/aromatic N) is 4. The number of aryl methyl sites for hydroxylation is 1. The molecule has 4 aromatic rings. The van der Waals surface area contributed by atoms with Crippen molar-refractivity contribution in [3.63, 3.8) is 0 Å². The smallest absolute Gasteiger partial charge is 0.253 e. The van der Waals surface area contributed by atoms with Gasteiger partial charge >= 0.3 is 0 Å². The maximum atomic E-state index is 14.8. The van der Waals surface area contributed by atoms with E-state index < -0.39 is 29.7 Å². The van der Waals surface area contributed by atoms with Crippen molar-refractivity contribution >= 4 is 16.8 Å². The molecule has 1 aliphatic carbocycles. The van der Waals surface area contributed by atoms with E-state index >= 15 is 0 Å². The van der Waals surface area contributed by atoms with Gasteiger partial charge in [0.1, 0.15) is 0 Å². The summed E-state index contributed by atoms with van der Waals surface area (Å²) in [5.41, 5.74) is 2.95. The molecule has 176 valence electrons. The zero-order valence-electron chi connectivity index (χ0n) is 18.7. The summed E-state index contributed by atoms with van der Waals surface area (Å²) >= 11 is 0. The molecular weight excluding hydrogens is 440 g/mol. The highest BCUT2D eigenvalue weighted by molar-refractivity contribution is 6.07. The Hall–Kier alpha value is -3.59. The van der Waals surface area contributed by atoms with E-state index in [2.05, 4.69) is 15.4 Å². The van der Waals surface area contributed by atoms with E-state index in [0.29, 0.717) is 24.9 Å². The Bertz CT molecular complexity index is 1350. The van der Waals surface area contributed by atoms with Crippen LogP contribution >= 0.6 is 0 Å². The van der Waals surface area contributed by atoms with Crippen molar-refractivity contribution in [3.05, 3.63) is 71.8 Å². The standard InChI is InChI=1S/C25H25F2N5O2/c1-31-13-16(11-29-31)19-8-6-15(10-28-19)12-32-14-17(23-21(32)9-7-18(26)24(23)27)25(34)30-20-4-2-3-5-22(20)33/h6-11,13-14,20,22,33H,2-5,12H2,1H3,(H,30,34)/t20-,22-/m0/s1. The first-order chi connectivity index (χ1) is 16.4. The minimum atomic E-state index is -1.06. The maximum absolute atomic E-state index is 14.8. The number of benzene rings is 1. The highest BCUT2D eigenvalue weighted by Crippen LogP contribution is 2.28. The van der Waals surface area contributed by atoms with Gasteiger partial charge in [-0.2, -0.15) is 5.10 Å². The molecule has 3 heterocycles. The molecule has 0 unspecified atom stereocenters. The van der Waals surface area contributed by atoms with E-state index in [9.17, 15) is 18.7 Å². The number of hydrogen-bond donors (Lipinski definition) is 2. The molecule has 1 amide bonds. The Morgan fingerprint density at radius 3 is 2.68 bits per heavy atom. The summed E-state index contributed by atoms with van der Waals surface area (Å²) in [7, 11) is 1.83. The van der Waals surface area contributed by atoms with E-state index in [1.54, 1.807) is 21.6 Å². The number of aliphatic hydroxyl groups excluding tert-OH is 1. The number of pyridine rings is 1. The molecule has 3 aromatic heterocycles. The molecule has 5 rings (SSSR count). The summed E-state index contributed by atoms with van der Waals surface area (Å²) in [6.45, 7) is 0.321. The van der Waals surface area contributed by atoms with Crippen LogP contribution in [0.2, 0.25) is 0 Å². The first-order valence-electron chi connectivity index (χ1n) is 11.3. The van der Waals surface area contributed by atoms with Gasteiger partial charge in [-0.25, -0.2) is 8.78 Å². The molecule has 1 fully saturated rings. The molecule has 0 aliphatic heterocycles. The first kappa shape index (κ1) is 22.2. The average Bonchev–Trinajstić information content (AvgIpc) is 3.42. The fourth-order valence-corrected chi connectivity index (χ4v) is 4.59.